The van der Waals surface area contributed by atoms with E-state index in [0.29, 0.717) is 5.56 Å². The van der Waals surface area contributed by atoms with Crippen LogP contribution in [0.25, 0.3) is 0 Å². The van der Waals surface area contributed by atoms with Crippen LogP contribution in [-0.4, -0.2) is 44.9 Å². The largest absolute Gasteiger partial charge is 0.394 e. The third-order valence-corrected chi connectivity index (χ3v) is 3.88. The first-order valence-corrected chi connectivity index (χ1v) is 8.08. The minimum Gasteiger partial charge on any atom is -0.394 e. The summed E-state index contributed by atoms with van der Waals surface area (Å²) in [7, 11) is -3.29. The summed E-state index contributed by atoms with van der Waals surface area (Å²) in [6.45, 7) is 1.90. The zero-order valence-electron chi connectivity index (χ0n) is 11.0. The van der Waals surface area contributed by atoms with Gasteiger partial charge in [-0.3, -0.25) is 0 Å². The third-order valence-electron chi connectivity index (χ3n) is 2.97. The van der Waals surface area contributed by atoms with Gasteiger partial charge in [0.2, 0.25) is 5.79 Å². The summed E-state index contributed by atoms with van der Waals surface area (Å²) < 4.78 is 34.5. The predicted molar refractivity (Wildman–Crippen MR) is 70.5 cm³/mol. The first-order chi connectivity index (χ1) is 8.85. The van der Waals surface area contributed by atoms with Gasteiger partial charge in [-0.15, -0.1) is 0 Å². The molecule has 1 heterocycles. The number of rotatable bonds is 4. The maximum atomic E-state index is 11.6. The molecule has 1 aromatic rings. The van der Waals surface area contributed by atoms with Crippen molar-refractivity contribution >= 4 is 9.84 Å². The number of aliphatic hydroxyl groups is 1. The third kappa shape index (κ3) is 3.33. The standard InChI is InChI=1S/C13H18O5S/c1-10-4-3-5-11(6-10)13(9-19(2,15)16)17-8-12(7-14)18-13/h3-6,12,14H,7-9H2,1-2H3/t12-,13+/m0/s1. The fourth-order valence-corrected chi connectivity index (χ4v) is 3.20. The molecular weight excluding hydrogens is 268 g/mol. The van der Waals surface area contributed by atoms with E-state index in [-0.39, 0.29) is 19.0 Å². The van der Waals surface area contributed by atoms with Crippen molar-refractivity contribution in [2.45, 2.75) is 18.8 Å². The van der Waals surface area contributed by atoms with E-state index in [1.54, 1.807) is 6.07 Å². The van der Waals surface area contributed by atoms with Crippen LogP contribution in [-0.2, 0) is 25.1 Å². The van der Waals surface area contributed by atoms with Crippen LogP contribution < -0.4 is 0 Å². The van der Waals surface area contributed by atoms with E-state index in [1.807, 2.05) is 25.1 Å². The topological polar surface area (TPSA) is 72.8 Å². The molecular formula is C13H18O5S. The van der Waals surface area contributed by atoms with Crippen LogP contribution in [0.15, 0.2) is 24.3 Å². The van der Waals surface area contributed by atoms with E-state index in [0.717, 1.165) is 11.8 Å². The van der Waals surface area contributed by atoms with Gasteiger partial charge in [-0.2, -0.15) is 0 Å². The number of hydrogen-bond acceptors (Lipinski definition) is 5. The molecule has 1 aliphatic rings. The van der Waals surface area contributed by atoms with Crippen molar-refractivity contribution in [3.8, 4) is 0 Å². The van der Waals surface area contributed by atoms with Gasteiger partial charge in [-0.1, -0.05) is 29.8 Å². The Hall–Kier alpha value is -0.950. The first kappa shape index (κ1) is 14.5. The number of aliphatic hydroxyl groups excluding tert-OH is 1. The Kier molecular flexibility index (Phi) is 3.96. The smallest absolute Gasteiger partial charge is 0.209 e. The summed E-state index contributed by atoms with van der Waals surface area (Å²) in [6.07, 6.45) is 0.644. The van der Waals surface area contributed by atoms with E-state index < -0.39 is 21.7 Å². The summed E-state index contributed by atoms with van der Waals surface area (Å²) in [4.78, 5) is 0. The zero-order chi connectivity index (χ0) is 14.1. The monoisotopic (exact) mass is 286 g/mol. The molecule has 1 aliphatic heterocycles. The molecule has 0 aromatic heterocycles. The van der Waals surface area contributed by atoms with Gasteiger partial charge in [0.15, 0.2) is 9.84 Å². The highest BCUT2D eigenvalue weighted by atomic mass is 32.2. The molecule has 1 saturated heterocycles. The van der Waals surface area contributed by atoms with Gasteiger partial charge in [0, 0.05) is 11.8 Å². The van der Waals surface area contributed by atoms with Gasteiger partial charge in [0.25, 0.3) is 0 Å². The van der Waals surface area contributed by atoms with Crippen LogP contribution in [0.4, 0.5) is 0 Å². The lowest BCUT2D eigenvalue weighted by Crippen LogP contribution is -2.36. The number of aryl methyl sites for hydroxylation is 1. The molecule has 0 amide bonds. The molecule has 5 nitrogen and oxygen atoms in total. The van der Waals surface area contributed by atoms with Crippen LogP contribution in [0, 0.1) is 6.92 Å². The highest BCUT2D eigenvalue weighted by Gasteiger charge is 2.45. The summed E-state index contributed by atoms with van der Waals surface area (Å²) >= 11 is 0. The molecule has 106 valence electrons. The normalized spacial score (nSPS) is 27.6. The predicted octanol–water partition coefficient (Wildman–Crippen LogP) is 0.600. The lowest BCUT2D eigenvalue weighted by molar-refractivity contribution is -0.162. The molecule has 1 fully saturated rings. The highest BCUT2D eigenvalue weighted by molar-refractivity contribution is 7.90. The molecule has 0 spiro atoms. The number of benzene rings is 1. The fourth-order valence-electron chi connectivity index (χ4n) is 2.19. The molecule has 19 heavy (non-hydrogen) atoms. The van der Waals surface area contributed by atoms with E-state index in [2.05, 4.69) is 0 Å². The van der Waals surface area contributed by atoms with Crippen molar-refractivity contribution in [1.29, 1.82) is 0 Å². The molecule has 2 atom stereocenters. The molecule has 6 heteroatoms. The second kappa shape index (κ2) is 5.20. The van der Waals surface area contributed by atoms with Crippen molar-refractivity contribution in [3.05, 3.63) is 35.4 Å². The molecule has 1 aromatic carbocycles. The zero-order valence-corrected chi connectivity index (χ0v) is 11.8. The van der Waals surface area contributed by atoms with Crippen molar-refractivity contribution in [1.82, 2.24) is 0 Å². The lowest BCUT2D eigenvalue weighted by Gasteiger charge is -2.28. The Morgan fingerprint density at radius 2 is 2.21 bits per heavy atom. The summed E-state index contributed by atoms with van der Waals surface area (Å²) in [5.41, 5.74) is 1.65. The Labute approximate surface area is 113 Å². The second-order valence-corrected chi connectivity index (χ2v) is 7.07. The molecule has 0 bridgehead atoms. The van der Waals surface area contributed by atoms with Gasteiger partial charge in [0.1, 0.15) is 11.9 Å². The average molecular weight is 286 g/mol. The van der Waals surface area contributed by atoms with Crippen LogP contribution in [0.1, 0.15) is 11.1 Å². The van der Waals surface area contributed by atoms with Gasteiger partial charge in [-0.25, -0.2) is 8.42 Å². The molecule has 0 radical (unpaired) electrons. The second-order valence-electron chi connectivity index (χ2n) is 4.93. The van der Waals surface area contributed by atoms with Crippen molar-refractivity contribution in [3.63, 3.8) is 0 Å². The SMILES string of the molecule is Cc1cccc([C@]2(CS(C)(=O)=O)OC[C@H](CO)O2)c1. The quantitative estimate of drug-likeness (QED) is 0.877. The maximum absolute atomic E-state index is 11.6. The van der Waals surface area contributed by atoms with Crippen molar-refractivity contribution in [2.75, 3.05) is 25.2 Å². The Morgan fingerprint density at radius 3 is 2.74 bits per heavy atom. The molecule has 0 aliphatic carbocycles. The van der Waals surface area contributed by atoms with Crippen LogP contribution in [0.3, 0.4) is 0 Å². The van der Waals surface area contributed by atoms with E-state index >= 15 is 0 Å². The Bertz CT molecular complexity index is 554. The molecule has 0 saturated carbocycles. The molecule has 1 N–H and O–H groups in total. The summed E-state index contributed by atoms with van der Waals surface area (Å²) in [5, 5.41) is 9.14. The van der Waals surface area contributed by atoms with Gasteiger partial charge >= 0.3 is 0 Å². The number of hydrogen-bond donors (Lipinski definition) is 1. The van der Waals surface area contributed by atoms with Gasteiger partial charge in [0.05, 0.1) is 13.2 Å². The van der Waals surface area contributed by atoms with Gasteiger partial charge in [-0.05, 0) is 6.92 Å². The van der Waals surface area contributed by atoms with Crippen molar-refractivity contribution in [2.24, 2.45) is 0 Å². The van der Waals surface area contributed by atoms with E-state index in [9.17, 15) is 8.42 Å². The molecule has 2 rings (SSSR count). The lowest BCUT2D eigenvalue weighted by atomic mass is 10.0. The minimum atomic E-state index is -3.29. The van der Waals surface area contributed by atoms with Crippen LogP contribution in [0.2, 0.25) is 0 Å². The van der Waals surface area contributed by atoms with Crippen molar-refractivity contribution < 1.29 is 23.0 Å². The minimum absolute atomic E-state index is 0.181. The van der Waals surface area contributed by atoms with Gasteiger partial charge < -0.3 is 14.6 Å². The van der Waals surface area contributed by atoms with Crippen LogP contribution in [0.5, 0.6) is 0 Å². The maximum Gasteiger partial charge on any atom is 0.209 e. The van der Waals surface area contributed by atoms with E-state index in [1.165, 1.54) is 0 Å². The average Bonchev–Trinajstić information content (AvgIpc) is 2.71. The molecule has 0 unspecified atom stereocenters. The number of ether oxygens (including phenoxy) is 2. The summed E-state index contributed by atoms with van der Waals surface area (Å²) in [5.74, 6) is -1.58. The Balaban J connectivity index is 2.40. The first-order valence-electron chi connectivity index (χ1n) is 6.02. The van der Waals surface area contributed by atoms with E-state index in [4.69, 9.17) is 14.6 Å². The number of sulfone groups is 1. The fraction of sp³-hybridized carbons (Fsp3) is 0.538. The highest BCUT2D eigenvalue weighted by Crippen LogP contribution is 2.35. The Morgan fingerprint density at radius 1 is 1.47 bits per heavy atom. The van der Waals surface area contributed by atoms with Crippen LogP contribution >= 0.6 is 0 Å². The summed E-state index contributed by atoms with van der Waals surface area (Å²) in [6, 6.07) is 7.35.